The molecule has 2 aromatic rings. The van der Waals surface area contributed by atoms with E-state index in [1.165, 1.54) is 28.2 Å². The van der Waals surface area contributed by atoms with Crippen LogP contribution in [0.4, 0.5) is 0 Å². The van der Waals surface area contributed by atoms with Crippen LogP contribution in [0.25, 0.3) is 0 Å². The molecule has 3 rings (SSSR count). The van der Waals surface area contributed by atoms with Crippen LogP contribution in [0.5, 0.6) is 0 Å². The van der Waals surface area contributed by atoms with Gasteiger partial charge in [0, 0.05) is 22.3 Å². The first-order valence-corrected chi connectivity index (χ1v) is 7.82. The van der Waals surface area contributed by atoms with E-state index in [0.717, 1.165) is 29.8 Å². The molecule has 5 heteroatoms. The smallest absolute Gasteiger partial charge is 0.0815 e. The van der Waals surface area contributed by atoms with Crippen LogP contribution in [0.3, 0.4) is 0 Å². The van der Waals surface area contributed by atoms with Gasteiger partial charge in [0.25, 0.3) is 0 Å². The van der Waals surface area contributed by atoms with Crippen LogP contribution in [0, 0.1) is 13.8 Å². The molecule has 0 spiro atoms. The molecule has 1 fully saturated rings. The summed E-state index contributed by atoms with van der Waals surface area (Å²) in [6.07, 6.45) is 4.39. The number of nitrogens with one attached hydrogen (secondary N) is 1. The highest BCUT2D eigenvalue weighted by atomic mass is 35.5. The molecular weight excluding hydrogens is 278 g/mol. The lowest BCUT2D eigenvalue weighted by atomic mass is 10.2. The molecular formula is C14H18ClN3S. The van der Waals surface area contributed by atoms with Crippen molar-refractivity contribution in [2.24, 2.45) is 0 Å². The molecule has 1 aliphatic carbocycles. The highest BCUT2D eigenvalue weighted by Gasteiger charge is 2.20. The van der Waals surface area contributed by atoms with Crippen LogP contribution < -0.4 is 5.32 Å². The van der Waals surface area contributed by atoms with Gasteiger partial charge in [0.1, 0.15) is 0 Å². The molecule has 0 radical (unpaired) electrons. The van der Waals surface area contributed by atoms with Gasteiger partial charge in [0.2, 0.25) is 0 Å². The second kappa shape index (κ2) is 5.27. The molecule has 0 saturated heterocycles. The van der Waals surface area contributed by atoms with E-state index in [1.54, 1.807) is 6.20 Å². The Hall–Kier alpha value is -0.840. The zero-order valence-corrected chi connectivity index (χ0v) is 12.8. The SMILES string of the molecule is Cc1sc(CNC2CC2)cc1Cn1ncc(Cl)c1C. The minimum absolute atomic E-state index is 0.739. The predicted octanol–water partition coefficient (Wildman–Crippen LogP) is 3.52. The van der Waals surface area contributed by atoms with Gasteiger partial charge in [0.15, 0.2) is 0 Å². The normalized spacial score (nSPS) is 15.1. The third-order valence-electron chi connectivity index (χ3n) is 3.58. The Kier molecular flexibility index (Phi) is 3.65. The Morgan fingerprint density at radius 1 is 1.47 bits per heavy atom. The van der Waals surface area contributed by atoms with E-state index in [-0.39, 0.29) is 0 Å². The van der Waals surface area contributed by atoms with E-state index in [4.69, 9.17) is 11.6 Å². The van der Waals surface area contributed by atoms with Gasteiger partial charge < -0.3 is 5.32 Å². The molecule has 2 aromatic heterocycles. The number of aryl methyl sites for hydroxylation is 1. The molecule has 1 saturated carbocycles. The van der Waals surface area contributed by atoms with Gasteiger partial charge in [-0.1, -0.05) is 11.6 Å². The maximum atomic E-state index is 6.04. The highest BCUT2D eigenvalue weighted by Crippen LogP contribution is 2.25. The minimum atomic E-state index is 0.739. The first-order chi connectivity index (χ1) is 9.13. The summed E-state index contributed by atoms with van der Waals surface area (Å²) < 4.78 is 1.97. The maximum absolute atomic E-state index is 6.04. The standard InChI is InChI=1S/C14H18ClN3S/c1-9-14(15)7-17-18(9)8-11-5-13(19-10(11)2)6-16-12-3-4-12/h5,7,12,16H,3-4,6,8H2,1-2H3. The molecule has 1 aliphatic rings. The van der Waals surface area contributed by atoms with Crippen molar-refractivity contribution in [1.82, 2.24) is 15.1 Å². The lowest BCUT2D eigenvalue weighted by Crippen LogP contribution is -2.14. The number of rotatable bonds is 5. The maximum Gasteiger partial charge on any atom is 0.0815 e. The van der Waals surface area contributed by atoms with Gasteiger partial charge in [-0.15, -0.1) is 11.3 Å². The van der Waals surface area contributed by atoms with Crippen LogP contribution in [0.2, 0.25) is 5.02 Å². The second-order valence-electron chi connectivity index (χ2n) is 5.18. The van der Waals surface area contributed by atoms with Crippen LogP contribution in [-0.4, -0.2) is 15.8 Å². The zero-order valence-electron chi connectivity index (χ0n) is 11.2. The summed E-state index contributed by atoms with van der Waals surface area (Å²) in [4.78, 5) is 2.79. The summed E-state index contributed by atoms with van der Waals surface area (Å²) in [6.45, 7) is 5.99. The van der Waals surface area contributed by atoms with Crippen molar-refractivity contribution in [1.29, 1.82) is 0 Å². The summed E-state index contributed by atoms with van der Waals surface area (Å²) in [5, 5.41) is 8.62. The molecule has 2 heterocycles. The molecule has 0 unspecified atom stereocenters. The van der Waals surface area contributed by atoms with Gasteiger partial charge in [-0.3, -0.25) is 4.68 Å². The van der Waals surface area contributed by atoms with Crippen LogP contribution >= 0.6 is 22.9 Å². The van der Waals surface area contributed by atoms with Crippen LogP contribution in [-0.2, 0) is 13.1 Å². The van der Waals surface area contributed by atoms with Crippen molar-refractivity contribution in [3.05, 3.63) is 38.3 Å². The lowest BCUT2D eigenvalue weighted by molar-refractivity contribution is 0.662. The van der Waals surface area contributed by atoms with E-state index < -0.39 is 0 Å². The molecule has 19 heavy (non-hydrogen) atoms. The Morgan fingerprint density at radius 2 is 2.26 bits per heavy atom. The third-order valence-corrected chi connectivity index (χ3v) is 5.04. The quantitative estimate of drug-likeness (QED) is 0.915. The van der Waals surface area contributed by atoms with Crippen LogP contribution in [0.15, 0.2) is 12.3 Å². The van der Waals surface area contributed by atoms with Crippen molar-refractivity contribution in [2.45, 2.75) is 45.8 Å². The second-order valence-corrected chi connectivity index (χ2v) is 6.93. The van der Waals surface area contributed by atoms with E-state index in [2.05, 4.69) is 23.4 Å². The molecule has 0 aromatic carbocycles. The summed E-state index contributed by atoms with van der Waals surface area (Å²) in [7, 11) is 0. The van der Waals surface area contributed by atoms with Gasteiger partial charge in [0.05, 0.1) is 23.5 Å². The molecule has 0 bridgehead atoms. The topological polar surface area (TPSA) is 29.9 Å². The molecule has 3 nitrogen and oxygen atoms in total. The van der Waals surface area contributed by atoms with Gasteiger partial charge in [-0.25, -0.2) is 0 Å². The largest absolute Gasteiger partial charge is 0.309 e. The molecule has 1 N–H and O–H groups in total. The van der Waals surface area contributed by atoms with Crippen molar-refractivity contribution >= 4 is 22.9 Å². The summed E-state index contributed by atoms with van der Waals surface area (Å²) >= 11 is 7.92. The first kappa shape index (κ1) is 13.2. The molecule has 0 atom stereocenters. The van der Waals surface area contributed by atoms with Gasteiger partial charge >= 0.3 is 0 Å². The monoisotopic (exact) mass is 295 g/mol. The highest BCUT2D eigenvalue weighted by molar-refractivity contribution is 7.12. The molecule has 102 valence electrons. The predicted molar refractivity (Wildman–Crippen MR) is 80.0 cm³/mol. The van der Waals surface area contributed by atoms with Crippen LogP contribution in [0.1, 0.15) is 33.9 Å². The number of nitrogens with zero attached hydrogens (tertiary/aromatic N) is 2. The van der Waals surface area contributed by atoms with E-state index in [0.29, 0.717) is 0 Å². The van der Waals surface area contributed by atoms with Gasteiger partial charge in [-0.2, -0.15) is 5.10 Å². The number of thiophene rings is 1. The Bertz CT molecular complexity index is 584. The summed E-state index contributed by atoms with van der Waals surface area (Å²) in [6, 6.07) is 3.06. The lowest BCUT2D eigenvalue weighted by Gasteiger charge is -2.03. The number of hydrogen-bond donors (Lipinski definition) is 1. The minimum Gasteiger partial charge on any atom is -0.309 e. The summed E-state index contributed by atoms with van der Waals surface area (Å²) in [5.74, 6) is 0. The van der Waals surface area contributed by atoms with E-state index >= 15 is 0 Å². The molecule has 0 aliphatic heterocycles. The van der Waals surface area contributed by atoms with Crippen molar-refractivity contribution in [3.63, 3.8) is 0 Å². The van der Waals surface area contributed by atoms with E-state index in [1.807, 2.05) is 22.9 Å². The van der Waals surface area contributed by atoms with Crippen molar-refractivity contribution in [2.75, 3.05) is 0 Å². The number of hydrogen-bond acceptors (Lipinski definition) is 3. The molecule has 0 amide bonds. The third kappa shape index (κ3) is 3.02. The Labute approximate surface area is 122 Å². The zero-order chi connectivity index (χ0) is 13.4. The van der Waals surface area contributed by atoms with Crippen molar-refractivity contribution in [3.8, 4) is 0 Å². The van der Waals surface area contributed by atoms with E-state index in [9.17, 15) is 0 Å². The Morgan fingerprint density at radius 3 is 2.89 bits per heavy atom. The first-order valence-electron chi connectivity index (χ1n) is 6.63. The van der Waals surface area contributed by atoms with Gasteiger partial charge in [-0.05, 0) is 38.3 Å². The fraction of sp³-hybridized carbons (Fsp3) is 0.500. The van der Waals surface area contributed by atoms with Crippen molar-refractivity contribution < 1.29 is 0 Å². The number of aromatic nitrogens is 2. The fourth-order valence-electron chi connectivity index (χ4n) is 2.11. The average Bonchev–Trinajstić information content (AvgIpc) is 3.09. The fourth-order valence-corrected chi connectivity index (χ4v) is 3.25. The average molecular weight is 296 g/mol. The number of halogens is 1. The summed E-state index contributed by atoms with van der Waals surface area (Å²) in [5.41, 5.74) is 2.38. The Balaban J connectivity index is 1.71.